The first kappa shape index (κ1) is 15.9. The molecule has 0 saturated carbocycles. The number of β-lactam (4-membered cyclic amide) rings is 1. The Bertz CT molecular complexity index is 833. The first-order chi connectivity index (χ1) is 11.8. The van der Waals surface area contributed by atoms with Crippen LogP contribution in [0.5, 0.6) is 0 Å². The molecule has 2 fully saturated rings. The van der Waals surface area contributed by atoms with E-state index in [9.17, 15) is 28.8 Å². The Balaban J connectivity index is 1.71. The zero-order valence-corrected chi connectivity index (χ0v) is 13.6. The molecule has 1 aromatic rings. The van der Waals surface area contributed by atoms with Crippen LogP contribution in [-0.4, -0.2) is 66.4 Å². The molecule has 0 radical (unpaired) electrons. The fraction of sp³-hybridized carbons (Fsp3) is 0.250. The van der Waals surface area contributed by atoms with Gasteiger partial charge in [0.1, 0.15) is 5.75 Å². The first-order valence-corrected chi connectivity index (χ1v) is 8.79. The van der Waals surface area contributed by atoms with Crippen molar-refractivity contribution in [2.24, 2.45) is 0 Å². The van der Waals surface area contributed by atoms with Gasteiger partial charge in [0.15, 0.2) is 12.1 Å². The molecule has 8 nitrogen and oxygen atoms in total. The van der Waals surface area contributed by atoms with Crippen LogP contribution < -0.4 is 0 Å². The molecule has 0 aromatic heterocycles. The van der Waals surface area contributed by atoms with Crippen molar-refractivity contribution in [1.29, 1.82) is 0 Å². The van der Waals surface area contributed by atoms with E-state index in [1.54, 1.807) is 12.1 Å². The van der Waals surface area contributed by atoms with Gasteiger partial charge in [0.2, 0.25) is 5.37 Å². The Kier molecular flexibility index (Phi) is 3.28. The molecule has 0 spiro atoms. The van der Waals surface area contributed by atoms with Crippen molar-refractivity contribution < 1.29 is 28.8 Å². The SMILES string of the molecule is C=C1C[S+]([O-])[C@H]2C(N3C(=O)c4ccccc4C3=O)C(=O)N2C1C(=O)O. The minimum Gasteiger partial charge on any atom is -0.614 e. The van der Waals surface area contributed by atoms with Crippen molar-refractivity contribution >= 4 is 34.9 Å². The summed E-state index contributed by atoms with van der Waals surface area (Å²) >= 11 is -1.64. The maximum atomic E-state index is 12.6. The van der Waals surface area contributed by atoms with E-state index >= 15 is 0 Å². The average Bonchev–Trinajstić information content (AvgIpc) is 2.81. The van der Waals surface area contributed by atoms with E-state index in [4.69, 9.17) is 0 Å². The van der Waals surface area contributed by atoms with Crippen molar-refractivity contribution in [1.82, 2.24) is 9.80 Å². The van der Waals surface area contributed by atoms with Crippen LogP contribution in [0.2, 0.25) is 0 Å². The molecule has 1 N–H and O–H groups in total. The smallest absolute Gasteiger partial charge is 0.331 e. The van der Waals surface area contributed by atoms with E-state index in [0.717, 1.165) is 9.80 Å². The Morgan fingerprint density at radius 1 is 1.20 bits per heavy atom. The van der Waals surface area contributed by atoms with Gasteiger partial charge in [-0.25, -0.2) is 4.79 Å². The number of hydrogen-bond acceptors (Lipinski definition) is 5. The molecule has 1 aromatic carbocycles. The molecule has 2 saturated heterocycles. The molecule has 3 aliphatic heterocycles. The number of nitrogens with zero attached hydrogens (tertiary/aromatic N) is 2. The molecule has 3 aliphatic rings. The van der Waals surface area contributed by atoms with Crippen LogP contribution in [0, 0.1) is 0 Å². The first-order valence-electron chi connectivity index (χ1n) is 7.41. The predicted molar refractivity (Wildman–Crippen MR) is 84.9 cm³/mol. The fourth-order valence-corrected chi connectivity index (χ4v) is 5.25. The lowest BCUT2D eigenvalue weighted by atomic mass is 9.97. The molecule has 25 heavy (non-hydrogen) atoms. The number of benzene rings is 1. The summed E-state index contributed by atoms with van der Waals surface area (Å²) < 4.78 is 12.4. The van der Waals surface area contributed by atoms with Gasteiger partial charge in [0, 0.05) is 5.57 Å². The summed E-state index contributed by atoms with van der Waals surface area (Å²) in [5.74, 6) is -3.34. The van der Waals surface area contributed by atoms with E-state index in [0.29, 0.717) is 0 Å². The number of carbonyl (C=O) groups excluding carboxylic acids is 3. The molecule has 0 bridgehead atoms. The normalized spacial score (nSPS) is 30.9. The number of carbonyl (C=O) groups is 4. The predicted octanol–water partition coefficient (Wildman–Crippen LogP) is -0.409. The van der Waals surface area contributed by atoms with Crippen LogP contribution >= 0.6 is 0 Å². The van der Waals surface area contributed by atoms with Crippen LogP contribution in [0.3, 0.4) is 0 Å². The molecule has 4 atom stereocenters. The highest BCUT2D eigenvalue weighted by molar-refractivity contribution is 7.92. The van der Waals surface area contributed by atoms with Crippen molar-refractivity contribution in [3.63, 3.8) is 0 Å². The zero-order valence-electron chi connectivity index (χ0n) is 12.7. The molecule has 9 heteroatoms. The van der Waals surface area contributed by atoms with Crippen LogP contribution in [0.15, 0.2) is 36.4 Å². The lowest BCUT2D eigenvalue weighted by Crippen LogP contribution is -2.79. The highest BCUT2D eigenvalue weighted by Gasteiger charge is 2.66. The Labute approximate surface area is 144 Å². The van der Waals surface area contributed by atoms with E-state index in [2.05, 4.69) is 6.58 Å². The Morgan fingerprint density at radius 2 is 1.76 bits per heavy atom. The molecule has 3 heterocycles. The summed E-state index contributed by atoms with van der Waals surface area (Å²) in [5.41, 5.74) is 0.523. The van der Waals surface area contributed by atoms with Gasteiger partial charge in [-0.15, -0.1) is 0 Å². The number of carboxylic acids is 1. The number of hydrogen-bond donors (Lipinski definition) is 1. The largest absolute Gasteiger partial charge is 0.614 e. The minimum atomic E-state index is -1.64. The Morgan fingerprint density at radius 3 is 2.28 bits per heavy atom. The second-order valence-corrected chi connectivity index (χ2v) is 7.56. The van der Waals surface area contributed by atoms with E-state index < -0.39 is 52.3 Å². The van der Waals surface area contributed by atoms with Gasteiger partial charge in [-0.05, 0) is 23.3 Å². The lowest BCUT2D eigenvalue weighted by Gasteiger charge is -2.53. The molecular weight excluding hydrogens is 348 g/mol. The van der Waals surface area contributed by atoms with Gasteiger partial charge in [0.05, 0.1) is 11.1 Å². The maximum absolute atomic E-state index is 12.6. The van der Waals surface area contributed by atoms with Crippen LogP contribution in [0.1, 0.15) is 20.7 Å². The average molecular weight is 360 g/mol. The number of amides is 3. The summed E-state index contributed by atoms with van der Waals surface area (Å²) in [7, 11) is 0. The summed E-state index contributed by atoms with van der Waals surface area (Å²) in [5, 5.41) is 8.30. The summed E-state index contributed by atoms with van der Waals surface area (Å²) in [6.45, 7) is 3.59. The maximum Gasteiger partial charge on any atom is 0.331 e. The second kappa shape index (κ2) is 5.17. The highest BCUT2D eigenvalue weighted by atomic mass is 32.2. The van der Waals surface area contributed by atoms with Crippen molar-refractivity contribution in [3.8, 4) is 0 Å². The number of aliphatic carboxylic acids is 1. The number of fused-ring (bicyclic) bond motifs is 2. The molecule has 128 valence electrons. The third-order valence-electron chi connectivity index (χ3n) is 4.65. The molecular formula is C16H12N2O6S. The van der Waals surface area contributed by atoms with E-state index in [-0.39, 0.29) is 22.5 Å². The van der Waals surface area contributed by atoms with E-state index in [1.807, 2.05) is 0 Å². The summed E-state index contributed by atoms with van der Waals surface area (Å²) in [6.07, 6.45) is 0. The number of imide groups is 1. The standard InChI is InChI=1S/C16H12N2O6S/c1-7-6-25(24)15-11(14(21)18(15)10(7)16(22)23)17-12(19)8-4-2-3-5-9(8)13(17)20/h2-5,10-11,15H,1,6H2,(H,22,23)/t10?,11?,15-,25?/m0/s1. The third-order valence-corrected chi connectivity index (χ3v) is 6.33. The van der Waals surface area contributed by atoms with Gasteiger partial charge < -0.3 is 9.66 Å². The summed E-state index contributed by atoms with van der Waals surface area (Å²) in [6, 6.07) is 3.63. The van der Waals surface area contributed by atoms with Crippen molar-refractivity contribution in [2.45, 2.75) is 17.5 Å². The van der Waals surface area contributed by atoms with Crippen LogP contribution in [0.4, 0.5) is 0 Å². The fourth-order valence-electron chi connectivity index (χ4n) is 3.55. The van der Waals surface area contributed by atoms with Gasteiger partial charge in [-0.1, -0.05) is 18.7 Å². The number of rotatable bonds is 2. The van der Waals surface area contributed by atoms with E-state index in [1.165, 1.54) is 12.1 Å². The topological polar surface area (TPSA) is 118 Å². The highest BCUT2D eigenvalue weighted by Crippen LogP contribution is 2.41. The van der Waals surface area contributed by atoms with Crippen LogP contribution in [0.25, 0.3) is 0 Å². The zero-order chi connectivity index (χ0) is 18.0. The summed E-state index contributed by atoms with van der Waals surface area (Å²) in [4.78, 5) is 50.9. The molecule has 4 rings (SSSR count). The van der Waals surface area contributed by atoms with Gasteiger partial charge in [-0.3, -0.25) is 24.2 Å². The quantitative estimate of drug-likeness (QED) is 0.332. The second-order valence-electron chi connectivity index (χ2n) is 6.03. The van der Waals surface area contributed by atoms with Crippen LogP contribution in [-0.2, 0) is 20.8 Å². The van der Waals surface area contributed by atoms with Crippen molar-refractivity contribution in [3.05, 3.63) is 47.5 Å². The molecule has 0 aliphatic carbocycles. The lowest BCUT2D eigenvalue weighted by molar-refractivity contribution is -0.162. The Hall–Kier alpha value is -2.65. The van der Waals surface area contributed by atoms with Gasteiger partial charge in [-0.2, -0.15) is 0 Å². The monoisotopic (exact) mass is 360 g/mol. The minimum absolute atomic E-state index is 0.0922. The number of carboxylic acid groups (broad SMARTS) is 1. The van der Waals surface area contributed by atoms with Crippen molar-refractivity contribution in [2.75, 3.05) is 5.75 Å². The third kappa shape index (κ3) is 1.93. The molecule has 3 unspecified atom stereocenters. The molecule has 3 amide bonds. The van der Waals surface area contributed by atoms with Gasteiger partial charge in [0.25, 0.3) is 17.7 Å². The van der Waals surface area contributed by atoms with Gasteiger partial charge >= 0.3 is 5.97 Å².